The number of aliphatic hydroxyl groups is 1. The van der Waals surface area contributed by atoms with Crippen molar-refractivity contribution in [2.24, 2.45) is 5.92 Å². The molecule has 2 aromatic rings. The van der Waals surface area contributed by atoms with E-state index in [1.54, 1.807) is 0 Å². The fourth-order valence-corrected chi connectivity index (χ4v) is 3.39. The van der Waals surface area contributed by atoms with Crippen molar-refractivity contribution in [3.63, 3.8) is 0 Å². The first kappa shape index (κ1) is 19.7. The van der Waals surface area contributed by atoms with E-state index in [9.17, 15) is 5.11 Å². The minimum atomic E-state index is -0.233. The molecule has 0 radical (unpaired) electrons. The Morgan fingerprint density at radius 3 is 2.52 bits per heavy atom. The monoisotopic (exact) mass is 342 g/mol. The Kier molecular flexibility index (Phi) is 7.73. The van der Waals surface area contributed by atoms with Crippen LogP contribution in [-0.4, -0.2) is 33.8 Å². The average Bonchev–Trinajstić information content (AvgIpc) is 2.96. The highest BCUT2D eigenvalue weighted by Crippen LogP contribution is 2.15. The largest absolute Gasteiger partial charge is 0.392 e. The van der Waals surface area contributed by atoms with Gasteiger partial charge >= 0.3 is 0 Å². The molecule has 1 atom stereocenters. The van der Waals surface area contributed by atoms with Crippen molar-refractivity contribution < 1.29 is 5.11 Å². The molecule has 0 amide bonds. The van der Waals surface area contributed by atoms with Crippen LogP contribution in [-0.2, 0) is 13.1 Å². The maximum Gasteiger partial charge on any atom is 0.0667 e. The summed E-state index contributed by atoms with van der Waals surface area (Å²) in [6.07, 6.45) is 3.83. The predicted octanol–water partition coefficient (Wildman–Crippen LogP) is 4.46. The van der Waals surface area contributed by atoms with Crippen LogP contribution in [0.4, 0.5) is 0 Å². The van der Waals surface area contributed by atoms with Gasteiger partial charge in [0.25, 0.3) is 0 Å². The van der Waals surface area contributed by atoms with Crippen molar-refractivity contribution in [2.45, 2.75) is 59.7 Å². The highest BCUT2D eigenvalue weighted by molar-refractivity contribution is 5.26. The molecule has 0 fully saturated rings. The lowest BCUT2D eigenvalue weighted by molar-refractivity contribution is 0.0932. The standard InChI is InChI=1S/C22H34N2O/c1-5-9-22(25)17-23(14-18(2)3)16-21-12-8-13-24(21)15-20-11-7-6-10-19(20)4/h6-8,10-13,18,22,25H,5,9,14-17H2,1-4H3/t22-/m0/s1. The molecule has 3 heteroatoms. The van der Waals surface area contributed by atoms with E-state index in [1.807, 2.05) is 0 Å². The van der Waals surface area contributed by atoms with E-state index in [2.05, 4.69) is 79.8 Å². The lowest BCUT2D eigenvalue weighted by Crippen LogP contribution is -2.35. The molecule has 0 bridgehead atoms. The minimum absolute atomic E-state index is 0.233. The summed E-state index contributed by atoms with van der Waals surface area (Å²) in [7, 11) is 0. The summed E-state index contributed by atoms with van der Waals surface area (Å²) in [5, 5.41) is 10.3. The number of hydrogen-bond donors (Lipinski definition) is 1. The molecule has 25 heavy (non-hydrogen) atoms. The van der Waals surface area contributed by atoms with Crippen molar-refractivity contribution >= 4 is 0 Å². The smallest absolute Gasteiger partial charge is 0.0667 e. The molecule has 0 spiro atoms. The molecular formula is C22H34N2O. The SMILES string of the molecule is CCC[C@H](O)CN(Cc1cccn1Cc1ccccc1C)CC(C)C. The van der Waals surface area contributed by atoms with Crippen LogP contribution in [0.5, 0.6) is 0 Å². The molecule has 0 saturated heterocycles. The van der Waals surface area contributed by atoms with Gasteiger partial charge in [-0.1, -0.05) is 51.5 Å². The van der Waals surface area contributed by atoms with Crippen molar-refractivity contribution in [3.8, 4) is 0 Å². The molecule has 0 aliphatic heterocycles. The van der Waals surface area contributed by atoms with Crippen LogP contribution in [0.1, 0.15) is 50.4 Å². The lowest BCUT2D eigenvalue weighted by atomic mass is 10.1. The first-order valence-corrected chi connectivity index (χ1v) is 9.58. The summed E-state index contributed by atoms with van der Waals surface area (Å²) in [6.45, 7) is 12.3. The number of aromatic nitrogens is 1. The van der Waals surface area contributed by atoms with Crippen LogP contribution in [0.25, 0.3) is 0 Å². The summed E-state index contributed by atoms with van der Waals surface area (Å²) in [5.41, 5.74) is 4.01. The van der Waals surface area contributed by atoms with E-state index >= 15 is 0 Å². The van der Waals surface area contributed by atoms with Gasteiger partial charge in [-0.2, -0.15) is 0 Å². The Balaban J connectivity index is 2.09. The van der Waals surface area contributed by atoms with E-state index in [-0.39, 0.29) is 6.10 Å². The van der Waals surface area contributed by atoms with Crippen molar-refractivity contribution in [1.29, 1.82) is 0 Å². The van der Waals surface area contributed by atoms with Gasteiger partial charge in [0.15, 0.2) is 0 Å². The molecule has 3 nitrogen and oxygen atoms in total. The van der Waals surface area contributed by atoms with E-state index in [1.165, 1.54) is 16.8 Å². The summed E-state index contributed by atoms with van der Waals surface area (Å²) >= 11 is 0. The average molecular weight is 343 g/mol. The first-order chi connectivity index (χ1) is 12.0. The van der Waals surface area contributed by atoms with Gasteiger partial charge in [-0.3, -0.25) is 4.90 Å². The highest BCUT2D eigenvalue weighted by atomic mass is 16.3. The third kappa shape index (κ3) is 6.33. The van der Waals surface area contributed by atoms with E-state index in [0.717, 1.165) is 39.0 Å². The number of nitrogens with zero attached hydrogens (tertiary/aromatic N) is 2. The van der Waals surface area contributed by atoms with Gasteiger partial charge in [-0.05, 0) is 42.5 Å². The molecule has 1 aromatic carbocycles. The van der Waals surface area contributed by atoms with Gasteiger partial charge in [-0.15, -0.1) is 0 Å². The maximum atomic E-state index is 10.3. The summed E-state index contributed by atoms with van der Waals surface area (Å²) in [4.78, 5) is 2.40. The topological polar surface area (TPSA) is 28.4 Å². The Bertz CT molecular complexity index is 632. The Morgan fingerprint density at radius 1 is 1.08 bits per heavy atom. The number of rotatable bonds is 10. The zero-order valence-corrected chi connectivity index (χ0v) is 16.3. The Labute approximate surface area is 153 Å². The van der Waals surface area contributed by atoms with Crippen molar-refractivity contribution in [2.75, 3.05) is 13.1 Å². The van der Waals surface area contributed by atoms with E-state index in [4.69, 9.17) is 0 Å². The highest BCUT2D eigenvalue weighted by Gasteiger charge is 2.15. The molecule has 0 aliphatic carbocycles. The van der Waals surface area contributed by atoms with Crippen molar-refractivity contribution in [1.82, 2.24) is 9.47 Å². The van der Waals surface area contributed by atoms with Crippen LogP contribution in [0.15, 0.2) is 42.6 Å². The van der Waals surface area contributed by atoms with Gasteiger partial charge in [0.2, 0.25) is 0 Å². The van der Waals surface area contributed by atoms with E-state index < -0.39 is 0 Å². The fraction of sp³-hybridized carbons (Fsp3) is 0.545. The first-order valence-electron chi connectivity index (χ1n) is 9.58. The van der Waals surface area contributed by atoms with Gasteiger partial charge in [-0.25, -0.2) is 0 Å². The maximum absolute atomic E-state index is 10.3. The van der Waals surface area contributed by atoms with Crippen LogP contribution in [0.3, 0.4) is 0 Å². The van der Waals surface area contributed by atoms with Crippen LogP contribution in [0.2, 0.25) is 0 Å². The van der Waals surface area contributed by atoms with Crippen molar-refractivity contribution in [3.05, 3.63) is 59.4 Å². The summed E-state index contributed by atoms with van der Waals surface area (Å²) < 4.78 is 2.34. The second-order valence-corrected chi connectivity index (χ2v) is 7.58. The molecule has 0 unspecified atom stereocenters. The van der Waals surface area contributed by atoms with Crippen LogP contribution < -0.4 is 0 Å². The Hall–Kier alpha value is -1.58. The molecule has 1 heterocycles. The number of benzene rings is 1. The number of aryl methyl sites for hydroxylation is 1. The third-order valence-electron chi connectivity index (χ3n) is 4.63. The Morgan fingerprint density at radius 2 is 1.84 bits per heavy atom. The molecular weight excluding hydrogens is 308 g/mol. The van der Waals surface area contributed by atoms with Crippen LogP contribution in [0, 0.1) is 12.8 Å². The minimum Gasteiger partial charge on any atom is -0.392 e. The molecule has 1 N–H and O–H groups in total. The molecule has 1 aromatic heterocycles. The third-order valence-corrected chi connectivity index (χ3v) is 4.63. The van der Waals surface area contributed by atoms with Gasteiger partial charge in [0, 0.05) is 38.1 Å². The summed E-state index contributed by atoms with van der Waals surface area (Å²) in [5.74, 6) is 0.591. The summed E-state index contributed by atoms with van der Waals surface area (Å²) in [6, 6.07) is 12.9. The molecule has 0 saturated carbocycles. The molecule has 0 aliphatic rings. The van der Waals surface area contributed by atoms with Gasteiger partial charge < -0.3 is 9.67 Å². The van der Waals surface area contributed by atoms with Gasteiger partial charge in [0.1, 0.15) is 0 Å². The number of aliphatic hydroxyl groups excluding tert-OH is 1. The zero-order valence-electron chi connectivity index (χ0n) is 16.3. The zero-order chi connectivity index (χ0) is 18.2. The van der Waals surface area contributed by atoms with Crippen LogP contribution >= 0.6 is 0 Å². The van der Waals surface area contributed by atoms with E-state index in [0.29, 0.717) is 5.92 Å². The molecule has 138 valence electrons. The molecule has 2 rings (SSSR count). The lowest BCUT2D eigenvalue weighted by Gasteiger charge is -2.27. The predicted molar refractivity (Wildman–Crippen MR) is 106 cm³/mol. The quantitative estimate of drug-likeness (QED) is 0.690. The normalized spacial score (nSPS) is 12.9. The number of hydrogen-bond acceptors (Lipinski definition) is 2. The van der Waals surface area contributed by atoms with Gasteiger partial charge in [0.05, 0.1) is 6.10 Å². The second-order valence-electron chi connectivity index (χ2n) is 7.58. The fourth-order valence-electron chi connectivity index (χ4n) is 3.39. The second kappa shape index (κ2) is 9.79.